The van der Waals surface area contributed by atoms with Gasteiger partial charge >= 0.3 is 8.80 Å². The first kappa shape index (κ1) is 18.8. The first-order valence-electron chi connectivity index (χ1n) is 5.18. The second-order valence-corrected chi connectivity index (χ2v) is 6.78. The third-order valence-corrected chi connectivity index (χ3v) is 4.58. The van der Waals surface area contributed by atoms with E-state index in [2.05, 4.69) is 11.2 Å². The molecule has 0 saturated carbocycles. The molecule has 0 radical (unpaired) electrons. The molecular formula is C8H21O5S2Si-. The predicted molar refractivity (Wildman–Crippen MR) is 69.2 cm³/mol. The first-order chi connectivity index (χ1) is 7.47. The molecule has 100 valence electrons. The lowest BCUT2D eigenvalue weighted by Crippen LogP contribution is -2.45. The van der Waals surface area contributed by atoms with Gasteiger partial charge in [0, 0.05) is 25.9 Å². The zero-order valence-electron chi connectivity index (χ0n) is 10.2. The SMILES string of the molecule is CCO[Si](CC)(OCC)OCC.O=[S-](O)=S. The van der Waals surface area contributed by atoms with Crippen LogP contribution in [0.3, 0.4) is 0 Å². The maximum atomic E-state index is 8.93. The first-order valence-corrected chi connectivity index (χ1v) is 9.14. The highest BCUT2D eigenvalue weighted by Gasteiger charge is 2.37. The zero-order valence-corrected chi connectivity index (χ0v) is 12.9. The van der Waals surface area contributed by atoms with Crippen molar-refractivity contribution < 1.29 is 22.0 Å². The summed E-state index contributed by atoms with van der Waals surface area (Å²) >= 11 is 3.65. The molecule has 0 fully saturated rings. The summed E-state index contributed by atoms with van der Waals surface area (Å²) in [5, 5.41) is 0. The van der Waals surface area contributed by atoms with Gasteiger partial charge in [0.15, 0.2) is 0 Å². The van der Waals surface area contributed by atoms with E-state index in [0.717, 1.165) is 6.04 Å². The minimum Gasteiger partial charge on any atom is -0.459 e. The molecule has 0 amide bonds. The maximum Gasteiger partial charge on any atom is 0.500 e. The molecule has 8 heteroatoms. The molecule has 0 aliphatic carbocycles. The van der Waals surface area contributed by atoms with Crippen LogP contribution in [-0.4, -0.2) is 33.2 Å². The Morgan fingerprint density at radius 2 is 1.31 bits per heavy atom. The van der Waals surface area contributed by atoms with Gasteiger partial charge in [-0.25, -0.2) is 11.2 Å². The van der Waals surface area contributed by atoms with E-state index in [1.165, 1.54) is 0 Å². The van der Waals surface area contributed by atoms with Crippen molar-refractivity contribution in [2.75, 3.05) is 19.8 Å². The van der Waals surface area contributed by atoms with E-state index in [1.54, 1.807) is 0 Å². The predicted octanol–water partition coefficient (Wildman–Crippen LogP) is 1.94. The summed E-state index contributed by atoms with van der Waals surface area (Å²) in [7, 11) is -4.30. The Bertz CT molecular complexity index is 197. The van der Waals surface area contributed by atoms with Crippen molar-refractivity contribution in [1.82, 2.24) is 0 Å². The van der Waals surface area contributed by atoms with E-state index >= 15 is 0 Å². The molecule has 0 spiro atoms. The minimum atomic E-state index is -2.27. The Labute approximate surface area is 105 Å². The molecule has 0 saturated heterocycles. The van der Waals surface area contributed by atoms with Crippen LogP contribution in [0.2, 0.25) is 6.04 Å². The smallest absolute Gasteiger partial charge is 0.459 e. The maximum absolute atomic E-state index is 8.93. The topological polar surface area (TPSA) is 65.0 Å². The highest BCUT2D eigenvalue weighted by Crippen LogP contribution is 2.14. The van der Waals surface area contributed by atoms with Crippen molar-refractivity contribution in [3.63, 3.8) is 0 Å². The van der Waals surface area contributed by atoms with Crippen molar-refractivity contribution in [3.8, 4) is 0 Å². The van der Waals surface area contributed by atoms with Gasteiger partial charge in [-0.05, 0) is 20.8 Å². The molecule has 16 heavy (non-hydrogen) atoms. The third kappa shape index (κ3) is 10.9. The lowest BCUT2D eigenvalue weighted by Gasteiger charge is -2.26. The molecule has 0 aliphatic rings. The van der Waals surface area contributed by atoms with Crippen LogP contribution >= 0.6 is 0 Å². The third-order valence-electron chi connectivity index (χ3n) is 1.53. The lowest BCUT2D eigenvalue weighted by molar-refractivity contribution is 0.0725. The summed E-state index contributed by atoms with van der Waals surface area (Å²) < 4.78 is 32.9. The normalized spacial score (nSPS) is 11.1. The molecule has 5 nitrogen and oxygen atoms in total. The van der Waals surface area contributed by atoms with Crippen molar-refractivity contribution in [2.45, 2.75) is 33.7 Å². The molecule has 0 atom stereocenters. The van der Waals surface area contributed by atoms with E-state index in [4.69, 9.17) is 22.0 Å². The van der Waals surface area contributed by atoms with Crippen molar-refractivity contribution >= 4 is 29.6 Å². The van der Waals surface area contributed by atoms with Crippen LogP contribution in [0.25, 0.3) is 0 Å². The second kappa shape index (κ2) is 11.9. The van der Waals surface area contributed by atoms with E-state index in [9.17, 15) is 0 Å². The van der Waals surface area contributed by atoms with Crippen LogP contribution in [0.15, 0.2) is 0 Å². The number of hydrogen-bond acceptors (Lipinski definition) is 6. The molecule has 0 aromatic carbocycles. The molecule has 0 aromatic heterocycles. The van der Waals surface area contributed by atoms with Crippen LogP contribution in [0.1, 0.15) is 27.7 Å². The fourth-order valence-electron chi connectivity index (χ4n) is 1.09. The fraction of sp³-hybridized carbons (Fsp3) is 1.00. The molecule has 0 unspecified atom stereocenters. The Morgan fingerprint density at radius 3 is 1.44 bits per heavy atom. The highest BCUT2D eigenvalue weighted by molar-refractivity contribution is 8.18. The van der Waals surface area contributed by atoms with Crippen LogP contribution in [0.5, 0.6) is 0 Å². The lowest BCUT2D eigenvalue weighted by atomic mass is 10.9. The Morgan fingerprint density at radius 1 is 1.06 bits per heavy atom. The van der Waals surface area contributed by atoms with Crippen LogP contribution in [0.4, 0.5) is 0 Å². The molecule has 0 rings (SSSR count). The van der Waals surface area contributed by atoms with E-state index in [1.807, 2.05) is 27.7 Å². The van der Waals surface area contributed by atoms with Gasteiger partial charge in [-0.1, -0.05) is 16.6 Å². The molecule has 0 bridgehead atoms. The summed E-state index contributed by atoms with van der Waals surface area (Å²) in [5.74, 6) is 0. The van der Waals surface area contributed by atoms with Gasteiger partial charge in [-0.3, -0.25) is 0 Å². The summed E-state index contributed by atoms with van der Waals surface area (Å²) in [6, 6.07) is 0.850. The molecule has 0 aromatic rings. The average Bonchev–Trinajstić information content (AvgIpc) is 2.18. The van der Waals surface area contributed by atoms with Gasteiger partial charge in [0.1, 0.15) is 0 Å². The van der Waals surface area contributed by atoms with Crippen molar-refractivity contribution in [2.24, 2.45) is 0 Å². The van der Waals surface area contributed by atoms with Crippen molar-refractivity contribution in [3.05, 3.63) is 0 Å². The van der Waals surface area contributed by atoms with Crippen molar-refractivity contribution in [1.29, 1.82) is 0 Å². The largest absolute Gasteiger partial charge is 0.500 e. The summed E-state index contributed by atoms with van der Waals surface area (Å²) in [4.78, 5) is 0. The van der Waals surface area contributed by atoms with Gasteiger partial charge in [0.05, 0.1) is 0 Å². The Kier molecular flexibility index (Phi) is 14.0. The monoisotopic (exact) mass is 289 g/mol. The van der Waals surface area contributed by atoms with Gasteiger partial charge < -0.3 is 22.0 Å². The summed E-state index contributed by atoms with van der Waals surface area (Å²) in [6.45, 7) is 9.95. The highest BCUT2D eigenvalue weighted by atomic mass is 32.8. The van der Waals surface area contributed by atoms with Crippen LogP contribution in [-0.2, 0) is 38.3 Å². The minimum absolute atomic E-state index is 0.667. The van der Waals surface area contributed by atoms with E-state index in [-0.39, 0.29) is 0 Å². The van der Waals surface area contributed by atoms with Crippen LogP contribution < -0.4 is 0 Å². The second-order valence-electron chi connectivity index (χ2n) is 2.55. The summed E-state index contributed by atoms with van der Waals surface area (Å²) in [5.41, 5.74) is 0. The Hall–Kier alpha value is 0.427. The molecule has 0 aliphatic heterocycles. The standard InChI is InChI=1S/C8H20O3Si.HO2S2/c1-5-9-12(8-4,10-6-2)11-7-3;1-4(2)3/h5-8H2,1-4H3;(H,1,2,3)/q;-1. The zero-order chi connectivity index (χ0) is 13.0. The number of hydrogen-bond donors (Lipinski definition) is 1. The fourth-order valence-corrected chi connectivity index (χ4v) is 3.27. The van der Waals surface area contributed by atoms with E-state index in [0.29, 0.717) is 19.8 Å². The molecule has 1 N–H and O–H groups in total. The number of rotatable bonds is 7. The molecular weight excluding hydrogens is 268 g/mol. The van der Waals surface area contributed by atoms with Gasteiger partial charge in [0.25, 0.3) is 0 Å². The van der Waals surface area contributed by atoms with Gasteiger partial charge in [-0.2, -0.15) is 0 Å². The summed E-state index contributed by atoms with van der Waals surface area (Å²) in [6.07, 6.45) is 0. The quantitative estimate of drug-likeness (QED) is 0.439. The van der Waals surface area contributed by atoms with Gasteiger partial charge in [0.2, 0.25) is 0 Å². The van der Waals surface area contributed by atoms with E-state index < -0.39 is 18.4 Å². The van der Waals surface area contributed by atoms with Crippen LogP contribution in [0, 0.1) is 0 Å². The molecule has 0 heterocycles. The Balaban J connectivity index is 0. The average molecular weight is 289 g/mol. The van der Waals surface area contributed by atoms with Gasteiger partial charge in [-0.15, -0.1) is 0 Å².